The van der Waals surface area contributed by atoms with Gasteiger partial charge in [-0.15, -0.1) is 0 Å². The maximum absolute atomic E-state index is 12.3. The lowest BCUT2D eigenvalue weighted by Gasteiger charge is -2.35. The van der Waals surface area contributed by atoms with Gasteiger partial charge in [0, 0.05) is 26.2 Å². The molecule has 1 aliphatic heterocycles. The van der Waals surface area contributed by atoms with Crippen LogP contribution < -0.4 is 0 Å². The van der Waals surface area contributed by atoms with E-state index in [0.29, 0.717) is 17.0 Å². The number of piperidine rings is 1. The molecule has 1 aromatic rings. The van der Waals surface area contributed by atoms with Crippen LogP contribution in [0.2, 0.25) is 5.15 Å². The number of imidazole rings is 1. The zero-order valence-electron chi connectivity index (χ0n) is 12.8. The number of aromatic nitrogens is 2. The highest BCUT2D eigenvalue weighted by Gasteiger charge is 2.26. The van der Waals surface area contributed by atoms with Crippen molar-refractivity contribution in [2.45, 2.75) is 31.4 Å². The van der Waals surface area contributed by atoms with Gasteiger partial charge in [0.05, 0.1) is 12.6 Å². The summed E-state index contributed by atoms with van der Waals surface area (Å²) in [4.78, 5) is 20.3. The van der Waals surface area contributed by atoms with Crippen molar-refractivity contribution in [1.82, 2.24) is 19.4 Å². The highest BCUT2D eigenvalue weighted by atomic mass is 35.5. The third kappa shape index (κ3) is 3.75. The number of halogens is 1. The lowest BCUT2D eigenvalue weighted by molar-refractivity contribution is -0.135. The standard InChI is InChI=1S/C14H23ClN4O2/c1-17(2)10-4-6-19(7-5-10)13(21)8-11(20)14-16-9-12(15)18(14)3/h9-11,20H,4-8H2,1-3H3/t11-/m0/s1. The highest BCUT2D eigenvalue weighted by Crippen LogP contribution is 2.21. The van der Waals surface area contributed by atoms with E-state index in [9.17, 15) is 9.90 Å². The Hall–Kier alpha value is -1.11. The zero-order chi connectivity index (χ0) is 15.6. The number of carbonyl (C=O) groups excluding carboxylic acids is 1. The first-order valence-electron chi connectivity index (χ1n) is 7.19. The smallest absolute Gasteiger partial charge is 0.225 e. The normalized spacial score (nSPS) is 18.3. The van der Waals surface area contributed by atoms with Crippen LogP contribution in [0, 0.1) is 0 Å². The summed E-state index contributed by atoms with van der Waals surface area (Å²) in [7, 11) is 5.86. The third-order valence-corrected chi connectivity index (χ3v) is 4.53. The molecule has 0 aromatic carbocycles. The summed E-state index contributed by atoms with van der Waals surface area (Å²) in [5.41, 5.74) is 0. The first kappa shape index (κ1) is 16.3. The number of likely N-dealkylation sites (tertiary alicyclic amines) is 1. The van der Waals surface area contributed by atoms with Gasteiger partial charge in [-0.3, -0.25) is 4.79 Å². The van der Waals surface area contributed by atoms with E-state index in [1.807, 2.05) is 4.90 Å². The fourth-order valence-corrected chi connectivity index (χ4v) is 2.86. The molecule has 1 fully saturated rings. The van der Waals surface area contributed by atoms with Crippen LogP contribution in [0.25, 0.3) is 0 Å². The predicted octanol–water partition coefficient (Wildman–Crippen LogP) is 1.05. The Bertz CT molecular complexity index is 495. The van der Waals surface area contributed by atoms with Gasteiger partial charge >= 0.3 is 0 Å². The topological polar surface area (TPSA) is 61.6 Å². The third-order valence-electron chi connectivity index (χ3n) is 4.18. The molecule has 21 heavy (non-hydrogen) atoms. The molecule has 0 spiro atoms. The van der Waals surface area contributed by atoms with Crippen molar-refractivity contribution in [3.63, 3.8) is 0 Å². The van der Waals surface area contributed by atoms with E-state index >= 15 is 0 Å². The van der Waals surface area contributed by atoms with Crippen molar-refractivity contribution in [2.75, 3.05) is 27.2 Å². The van der Waals surface area contributed by atoms with Gasteiger partial charge in [0.2, 0.25) is 5.91 Å². The number of amides is 1. The van der Waals surface area contributed by atoms with Crippen LogP contribution in [0.15, 0.2) is 6.20 Å². The highest BCUT2D eigenvalue weighted by molar-refractivity contribution is 6.29. The molecule has 1 aliphatic rings. The Morgan fingerprint density at radius 1 is 1.52 bits per heavy atom. The monoisotopic (exact) mass is 314 g/mol. The van der Waals surface area contributed by atoms with Crippen LogP contribution in [-0.2, 0) is 11.8 Å². The van der Waals surface area contributed by atoms with Crippen molar-refractivity contribution in [3.8, 4) is 0 Å². The molecule has 2 rings (SSSR count). The summed E-state index contributed by atoms with van der Waals surface area (Å²) >= 11 is 5.89. The minimum atomic E-state index is -0.915. The molecule has 0 radical (unpaired) electrons. The van der Waals surface area contributed by atoms with Crippen molar-refractivity contribution < 1.29 is 9.90 Å². The van der Waals surface area contributed by atoms with Gasteiger partial charge in [-0.05, 0) is 26.9 Å². The van der Waals surface area contributed by atoms with Crippen molar-refractivity contribution in [3.05, 3.63) is 17.2 Å². The van der Waals surface area contributed by atoms with Crippen molar-refractivity contribution in [1.29, 1.82) is 0 Å². The molecule has 1 saturated heterocycles. The van der Waals surface area contributed by atoms with Gasteiger partial charge < -0.3 is 19.5 Å². The Balaban J connectivity index is 1.89. The minimum absolute atomic E-state index is 0.0289. The summed E-state index contributed by atoms with van der Waals surface area (Å²) in [6.45, 7) is 1.49. The van der Waals surface area contributed by atoms with Gasteiger partial charge in [-0.1, -0.05) is 11.6 Å². The van der Waals surface area contributed by atoms with Gasteiger partial charge in [0.1, 0.15) is 17.1 Å². The summed E-state index contributed by atoms with van der Waals surface area (Å²) in [5, 5.41) is 10.6. The van der Waals surface area contributed by atoms with Crippen LogP contribution >= 0.6 is 11.6 Å². The van der Waals surface area contributed by atoms with E-state index in [0.717, 1.165) is 25.9 Å². The molecule has 0 saturated carbocycles. The summed E-state index contributed by atoms with van der Waals surface area (Å²) < 4.78 is 1.60. The number of carbonyl (C=O) groups is 1. The summed E-state index contributed by atoms with van der Waals surface area (Å²) in [6, 6.07) is 0.535. The van der Waals surface area contributed by atoms with E-state index in [1.165, 1.54) is 6.20 Å². The van der Waals surface area contributed by atoms with E-state index < -0.39 is 6.10 Å². The molecule has 1 N–H and O–H groups in total. The second-order valence-electron chi connectivity index (χ2n) is 5.79. The largest absolute Gasteiger partial charge is 0.385 e. The molecule has 2 heterocycles. The maximum Gasteiger partial charge on any atom is 0.225 e. The number of hydrogen-bond donors (Lipinski definition) is 1. The van der Waals surface area contributed by atoms with Crippen molar-refractivity contribution >= 4 is 17.5 Å². The maximum atomic E-state index is 12.3. The molecule has 0 bridgehead atoms. The van der Waals surface area contributed by atoms with E-state index in [-0.39, 0.29) is 12.3 Å². The SMILES string of the molecule is CN(C)C1CCN(C(=O)C[C@H](O)c2ncc(Cl)n2C)CC1. The summed E-state index contributed by atoms with van der Waals surface area (Å²) in [6.07, 6.45) is 2.56. The van der Waals surface area contributed by atoms with Gasteiger partial charge in [0.25, 0.3) is 0 Å². The van der Waals surface area contributed by atoms with Crippen LogP contribution in [0.1, 0.15) is 31.2 Å². The quantitative estimate of drug-likeness (QED) is 0.902. The van der Waals surface area contributed by atoms with Gasteiger partial charge in [0.15, 0.2) is 0 Å². The molecule has 0 aliphatic carbocycles. The zero-order valence-corrected chi connectivity index (χ0v) is 13.5. The molecule has 7 heteroatoms. The molecular formula is C14H23ClN4O2. The Morgan fingerprint density at radius 2 is 2.14 bits per heavy atom. The molecule has 118 valence electrons. The average Bonchev–Trinajstić information content (AvgIpc) is 2.79. The average molecular weight is 315 g/mol. The van der Waals surface area contributed by atoms with Gasteiger partial charge in [-0.2, -0.15) is 0 Å². The Labute approximate surface area is 130 Å². The van der Waals surface area contributed by atoms with Crippen LogP contribution in [0.3, 0.4) is 0 Å². The number of hydrogen-bond acceptors (Lipinski definition) is 4. The second kappa shape index (κ2) is 6.77. The fraction of sp³-hybridized carbons (Fsp3) is 0.714. The fourth-order valence-electron chi connectivity index (χ4n) is 2.73. The number of aliphatic hydroxyl groups is 1. The Morgan fingerprint density at radius 3 is 2.62 bits per heavy atom. The minimum Gasteiger partial charge on any atom is -0.385 e. The molecule has 0 unspecified atom stereocenters. The van der Waals surface area contributed by atoms with E-state index in [1.54, 1.807) is 11.6 Å². The number of aliphatic hydroxyl groups excluding tert-OH is 1. The van der Waals surface area contributed by atoms with E-state index in [4.69, 9.17) is 11.6 Å². The molecule has 1 atom stereocenters. The van der Waals surface area contributed by atoms with Crippen molar-refractivity contribution in [2.24, 2.45) is 7.05 Å². The predicted molar refractivity (Wildman–Crippen MR) is 81.1 cm³/mol. The molecule has 1 aromatic heterocycles. The lowest BCUT2D eigenvalue weighted by Crippen LogP contribution is -2.44. The first-order valence-corrected chi connectivity index (χ1v) is 7.57. The van der Waals surface area contributed by atoms with E-state index in [2.05, 4.69) is 24.0 Å². The second-order valence-corrected chi connectivity index (χ2v) is 6.18. The molecule has 6 nitrogen and oxygen atoms in total. The molecule has 1 amide bonds. The number of rotatable bonds is 4. The number of nitrogens with zero attached hydrogens (tertiary/aromatic N) is 4. The molecular weight excluding hydrogens is 292 g/mol. The summed E-state index contributed by atoms with van der Waals surface area (Å²) in [5.74, 6) is 0.398. The van der Waals surface area contributed by atoms with Gasteiger partial charge in [-0.25, -0.2) is 4.98 Å². The van der Waals surface area contributed by atoms with Crippen LogP contribution in [-0.4, -0.2) is 63.6 Å². The van der Waals surface area contributed by atoms with Crippen LogP contribution in [0.5, 0.6) is 0 Å². The van der Waals surface area contributed by atoms with Crippen LogP contribution in [0.4, 0.5) is 0 Å². The first-order chi connectivity index (χ1) is 9.90. The lowest BCUT2D eigenvalue weighted by atomic mass is 10.0. The Kier molecular flexibility index (Phi) is 5.24.